The highest BCUT2D eigenvalue weighted by atomic mass is 16.5. The summed E-state index contributed by atoms with van der Waals surface area (Å²) in [6.07, 6.45) is 6.98. The van der Waals surface area contributed by atoms with Gasteiger partial charge in [0.25, 0.3) is 0 Å². The summed E-state index contributed by atoms with van der Waals surface area (Å²) in [4.78, 5) is 0. The summed E-state index contributed by atoms with van der Waals surface area (Å²) in [6, 6.07) is 0. The number of aliphatic hydroxyl groups is 1. The van der Waals surface area contributed by atoms with Crippen molar-refractivity contribution in [2.45, 2.75) is 64.6 Å². The summed E-state index contributed by atoms with van der Waals surface area (Å²) in [5, 5.41) is 9.98. The standard InChI is InChI=1S/C12H24O2/c1-3-12(14-4-2)11(13)9-10-7-5-6-8-10/h10-13H,3-9H2,1-2H3. The van der Waals surface area contributed by atoms with Crippen LogP contribution in [0.25, 0.3) is 0 Å². The maximum atomic E-state index is 9.98. The minimum absolute atomic E-state index is 0.0561. The predicted molar refractivity (Wildman–Crippen MR) is 58.3 cm³/mol. The normalized spacial score (nSPS) is 22.5. The van der Waals surface area contributed by atoms with Crippen molar-refractivity contribution in [1.82, 2.24) is 0 Å². The molecular weight excluding hydrogens is 176 g/mol. The highest BCUT2D eigenvalue weighted by Crippen LogP contribution is 2.29. The molecule has 1 aliphatic rings. The van der Waals surface area contributed by atoms with Crippen molar-refractivity contribution in [2.24, 2.45) is 5.92 Å². The molecule has 1 saturated carbocycles. The molecule has 0 amide bonds. The summed E-state index contributed by atoms with van der Waals surface area (Å²) in [5.41, 5.74) is 0. The second-order valence-corrected chi connectivity index (χ2v) is 4.36. The lowest BCUT2D eigenvalue weighted by Crippen LogP contribution is -2.30. The lowest BCUT2D eigenvalue weighted by Gasteiger charge is -2.23. The maximum Gasteiger partial charge on any atom is 0.0831 e. The zero-order chi connectivity index (χ0) is 10.4. The summed E-state index contributed by atoms with van der Waals surface area (Å²) in [5.74, 6) is 0.750. The average Bonchev–Trinajstić information content (AvgIpc) is 2.66. The van der Waals surface area contributed by atoms with Crippen LogP contribution >= 0.6 is 0 Å². The fourth-order valence-electron chi connectivity index (χ4n) is 2.45. The van der Waals surface area contributed by atoms with Gasteiger partial charge >= 0.3 is 0 Å². The molecule has 0 aliphatic heterocycles. The third-order valence-corrected chi connectivity index (χ3v) is 3.26. The molecule has 1 N–H and O–H groups in total. The Hall–Kier alpha value is -0.0800. The van der Waals surface area contributed by atoms with Crippen LogP contribution in [-0.4, -0.2) is 23.9 Å². The molecule has 0 aromatic rings. The fourth-order valence-corrected chi connectivity index (χ4v) is 2.45. The topological polar surface area (TPSA) is 29.5 Å². The van der Waals surface area contributed by atoms with Gasteiger partial charge in [-0.15, -0.1) is 0 Å². The molecule has 1 rings (SSSR count). The molecule has 1 aliphatic carbocycles. The Morgan fingerprint density at radius 2 is 1.93 bits per heavy atom. The second-order valence-electron chi connectivity index (χ2n) is 4.36. The number of ether oxygens (including phenoxy) is 1. The van der Waals surface area contributed by atoms with Crippen molar-refractivity contribution >= 4 is 0 Å². The first-order valence-corrected chi connectivity index (χ1v) is 6.07. The van der Waals surface area contributed by atoms with Crippen LogP contribution in [0.2, 0.25) is 0 Å². The smallest absolute Gasteiger partial charge is 0.0831 e. The van der Waals surface area contributed by atoms with E-state index in [1.165, 1.54) is 25.7 Å². The van der Waals surface area contributed by atoms with Gasteiger partial charge in [0, 0.05) is 6.61 Å². The van der Waals surface area contributed by atoms with E-state index in [1.807, 2.05) is 6.92 Å². The van der Waals surface area contributed by atoms with E-state index in [0.717, 1.165) is 18.8 Å². The third-order valence-electron chi connectivity index (χ3n) is 3.26. The van der Waals surface area contributed by atoms with E-state index in [4.69, 9.17) is 4.74 Å². The lowest BCUT2D eigenvalue weighted by atomic mass is 9.96. The molecule has 0 spiro atoms. The third kappa shape index (κ3) is 3.58. The highest BCUT2D eigenvalue weighted by Gasteiger charge is 2.23. The number of hydrogen-bond acceptors (Lipinski definition) is 2. The highest BCUT2D eigenvalue weighted by molar-refractivity contribution is 4.75. The lowest BCUT2D eigenvalue weighted by molar-refractivity contribution is -0.0430. The van der Waals surface area contributed by atoms with E-state index in [0.29, 0.717) is 6.61 Å². The summed E-state index contributed by atoms with van der Waals surface area (Å²) >= 11 is 0. The minimum Gasteiger partial charge on any atom is -0.390 e. The van der Waals surface area contributed by atoms with Crippen LogP contribution in [0, 0.1) is 5.92 Å². The van der Waals surface area contributed by atoms with Gasteiger partial charge in [-0.3, -0.25) is 0 Å². The van der Waals surface area contributed by atoms with Crippen molar-refractivity contribution in [2.75, 3.05) is 6.61 Å². The van der Waals surface area contributed by atoms with Crippen LogP contribution in [0.3, 0.4) is 0 Å². The largest absolute Gasteiger partial charge is 0.390 e. The fraction of sp³-hybridized carbons (Fsp3) is 1.00. The van der Waals surface area contributed by atoms with E-state index in [-0.39, 0.29) is 12.2 Å². The van der Waals surface area contributed by atoms with E-state index in [2.05, 4.69) is 6.92 Å². The predicted octanol–water partition coefficient (Wildman–Crippen LogP) is 2.74. The monoisotopic (exact) mass is 200 g/mol. The SMILES string of the molecule is CCOC(CC)C(O)CC1CCCC1. The van der Waals surface area contributed by atoms with Gasteiger partial charge in [0.05, 0.1) is 12.2 Å². The molecule has 0 aromatic carbocycles. The van der Waals surface area contributed by atoms with Crippen molar-refractivity contribution in [3.05, 3.63) is 0 Å². The molecule has 0 saturated heterocycles. The number of rotatable bonds is 6. The molecule has 14 heavy (non-hydrogen) atoms. The Kier molecular flexibility index (Phi) is 5.49. The molecule has 2 unspecified atom stereocenters. The Bertz CT molecular complexity index is 141. The Morgan fingerprint density at radius 1 is 1.29 bits per heavy atom. The first-order chi connectivity index (χ1) is 6.77. The summed E-state index contributed by atoms with van der Waals surface area (Å²) in [6.45, 7) is 4.78. The van der Waals surface area contributed by atoms with E-state index < -0.39 is 0 Å². The number of aliphatic hydroxyl groups excluding tert-OH is 1. The maximum absolute atomic E-state index is 9.98. The van der Waals surface area contributed by atoms with Gasteiger partial charge in [-0.2, -0.15) is 0 Å². The molecular formula is C12H24O2. The van der Waals surface area contributed by atoms with Crippen LogP contribution in [0.5, 0.6) is 0 Å². The van der Waals surface area contributed by atoms with Gasteiger partial charge in [0.15, 0.2) is 0 Å². The van der Waals surface area contributed by atoms with E-state index in [9.17, 15) is 5.11 Å². The van der Waals surface area contributed by atoms with Crippen LogP contribution in [0.4, 0.5) is 0 Å². The van der Waals surface area contributed by atoms with Crippen LogP contribution in [0.15, 0.2) is 0 Å². The molecule has 2 nitrogen and oxygen atoms in total. The quantitative estimate of drug-likeness (QED) is 0.714. The summed E-state index contributed by atoms with van der Waals surface area (Å²) < 4.78 is 5.51. The van der Waals surface area contributed by atoms with E-state index >= 15 is 0 Å². The van der Waals surface area contributed by atoms with Gasteiger partial charge in [-0.05, 0) is 25.7 Å². The second kappa shape index (κ2) is 6.41. The van der Waals surface area contributed by atoms with Crippen molar-refractivity contribution < 1.29 is 9.84 Å². The molecule has 2 atom stereocenters. The van der Waals surface area contributed by atoms with Gasteiger partial charge < -0.3 is 9.84 Å². The van der Waals surface area contributed by atoms with Gasteiger partial charge in [-0.25, -0.2) is 0 Å². The van der Waals surface area contributed by atoms with Gasteiger partial charge in [0.2, 0.25) is 0 Å². The zero-order valence-corrected chi connectivity index (χ0v) is 9.54. The molecule has 0 heterocycles. The van der Waals surface area contributed by atoms with Crippen molar-refractivity contribution in [3.63, 3.8) is 0 Å². The zero-order valence-electron chi connectivity index (χ0n) is 9.54. The van der Waals surface area contributed by atoms with Crippen LogP contribution in [-0.2, 0) is 4.74 Å². The molecule has 0 aromatic heterocycles. The average molecular weight is 200 g/mol. The molecule has 0 bridgehead atoms. The van der Waals surface area contributed by atoms with Crippen LogP contribution < -0.4 is 0 Å². The summed E-state index contributed by atoms with van der Waals surface area (Å²) in [7, 11) is 0. The van der Waals surface area contributed by atoms with Crippen molar-refractivity contribution in [1.29, 1.82) is 0 Å². The molecule has 2 heteroatoms. The van der Waals surface area contributed by atoms with Gasteiger partial charge in [-0.1, -0.05) is 32.6 Å². The minimum atomic E-state index is -0.247. The first-order valence-electron chi connectivity index (χ1n) is 6.07. The molecule has 0 radical (unpaired) electrons. The van der Waals surface area contributed by atoms with Crippen molar-refractivity contribution in [3.8, 4) is 0 Å². The van der Waals surface area contributed by atoms with Crippen LogP contribution in [0.1, 0.15) is 52.4 Å². The van der Waals surface area contributed by atoms with Gasteiger partial charge in [0.1, 0.15) is 0 Å². The van der Waals surface area contributed by atoms with E-state index in [1.54, 1.807) is 0 Å². The molecule has 84 valence electrons. The first kappa shape index (κ1) is 12.0. The Labute approximate surface area is 87.7 Å². The Morgan fingerprint density at radius 3 is 2.43 bits per heavy atom. The molecule has 1 fully saturated rings. The number of hydrogen-bond donors (Lipinski definition) is 1. The Balaban J connectivity index is 2.26.